The van der Waals surface area contributed by atoms with Crippen LogP contribution in [0.15, 0.2) is 336 Å². The number of benzene rings is 18. The number of furan rings is 2. The zero-order valence-corrected chi connectivity index (χ0v) is 51.0. The van der Waals surface area contributed by atoms with Crippen molar-refractivity contribution < 1.29 is 8.83 Å². The summed E-state index contributed by atoms with van der Waals surface area (Å²) >= 11 is 0. The highest BCUT2D eigenvalue weighted by molar-refractivity contribution is 6.27. The van der Waals surface area contributed by atoms with Gasteiger partial charge in [-0.3, -0.25) is 0 Å². The van der Waals surface area contributed by atoms with E-state index in [1.165, 1.54) is 148 Å². The summed E-state index contributed by atoms with van der Waals surface area (Å²) in [6.45, 7) is 0. The van der Waals surface area contributed by atoms with Gasteiger partial charge in [0.15, 0.2) is 0 Å². The highest BCUT2D eigenvalue weighted by Crippen LogP contribution is 2.50. The van der Waals surface area contributed by atoms with E-state index in [1.54, 1.807) is 0 Å². The molecule has 0 unspecified atom stereocenters. The molecule has 2 aromatic heterocycles. The van der Waals surface area contributed by atoms with Gasteiger partial charge < -0.3 is 8.83 Å². The normalized spacial score (nSPS) is 12.0. The van der Waals surface area contributed by atoms with E-state index in [1.807, 2.05) is 0 Å². The molecule has 20 rings (SSSR count). The largest absolute Gasteiger partial charge is 0.455 e. The average molecular weight is 1190 g/mol. The Hall–Kier alpha value is -12.4. The van der Waals surface area contributed by atoms with Gasteiger partial charge in [-0.05, 0) is 190 Å². The molecule has 0 atom stereocenters. The lowest BCUT2D eigenvalue weighted by atomic mass is 9.85. The van der Waals surface area contributed by atoms with Crippen molar-refractivity contribution in [3.05, 3.63) is 328 Å². The summed E-state index contributed by atoms with van der Waals surface area (Å²) in [6, 6.07) is 121. The molecule has 0 saturated carbocycles. The fourth-order valence-electron chi connectivity index (χ4n) is 15.8. The molecule has 2 heteroatoms. The maximum Gasteiger partial charge on any atom is 0.143 e. The summed E-state index contributed by atoms with van der Waals surface area (Å²) in [5, 5.41) is 23.7. The molecular formula is C92H54O2. The molecule has 434 valence electrons. The topological polar surface area (TPSA) is 26.3 Å². The quantitative estimate of drug-likeness (QED) is 0.149. The lowest BCUT2D eigenvalue weighted by molar-refractivity contribution is 0.670. The molecule has 0 spiro atoms. The van der Waals surface area contributed by atoms with E-state index in [-0.39, 0.29) is 0 Å². The van der Waals surface area contributed by atoms with E-state index in [2.05, 4.69) is 328 Å². The van der Waals surface area contributed by atoms with Crippen LogP contribution in [0.2, 0.25) is 0 Å². The maximum atomic E-state index is 7.08. The van der Waals surface area contributed by atoms with Crippen LogP contribution in [0.4, 0.5) is 0 Å². The summed E-state index contributed by atoms with van der Waals surface area (Å²) in [6.07, 6.45) is 0. The van der Waals surface area contributed by atoms with Crippen LogP contribution in [0.5, 0.6) is 0 Å². The van der Waals surface area contributed by atoms with Crippen molar-refractivity contribution in [2.24, 2.45) is 0 Å². The van der Waals surface area contributed by atoms with Gasteiger partial charge in [-0.15, -0.1) is 0 Å². The first-order chi connectivity index (χ1) is 46.6. The van der Waals surface area contributed by atoms with E-state index in [9.17, 15) is 0 Å². The molecule has 0 fully saturated rings. The molecule has 0 amide bonds. The molecule has 0 N–H and O–H groups in total. The summed E-state index contributed by atoms with van der Waals surface area (Å²) in [5.41, 5.74) is 20.1. The highest BCUT2D eigenvalue weighted by atomic mass is 16.3. The van der Waals surface area contributed by atoms with E-state index in [0.29, 0.717) is 0 Å². The molecule has 0 radical (unpaired) electrons. The van der Waals surface area contributed by atoms with Gasteiger partial charge in [0, 0.05) is 43.8 Å². The Morgan fingerprint density at radius 2 is 0.500 bits per heavy atom. The third kappa shape index (κ3) is 8.10. The Labute approximate surface area is 541 Å². The molecular weight excluding hydrogens is 1140 g/mol. The van der Waals surface area contributed by atoms with Crippen molar-refractivity contribution >= 4 is 130 Å². The van der Waals surface area contributed by atoms with E-state index >= 15 is 0 Å². The van der Waals surface area contributed by atoms with Crippen LogP contribution in [-0.4, -0.2) is 0 Å². The fourth-order valence-corrected chi connectivity index (χ4v) is 15.8. The summed E-state index contributed by atoms with van der Waals surface area (Å²) in [5.74, 6) is 0. The second-order valence-corrected chi connectivity index (χ2v) is 25.3. The monoisotopic (exact) mass is 1190 g/mol. The minimum absolute atomic E-state index is 0.880. The van der Waals surface area contributed by atoms with Gasteiger partial charge in [-0.25, -0.2) is 0 Å². The van der Waals surface area contributed by atoms with Crippen LogP contribution < -0.4 is 0 Å². The van der Waals surface area contributed by atoms with Gasteiger partial charge in [-0.1, -0.05) is 279 Å². The van der Waals surface area contributed by atoms with Crippen molar-refractivity contribution in [3.8, 4) is 77.9 Å². The first-order valence-electron chi connectivity index (χ1n) is 32.4. The Kier molecular flexibility index (Phi) is 11.5. The number of para-hydroxylation sites is 2. The molecule has 94 heavy (non-hydrogen) atoms. The molecule has 2 nitrogen and oxygen atoms in total. The predicted octanol–water partition coefficient (Wildman–Crippen LogP) is 26.4. The fraction of sp³-hybridized carbons (Fsp3) is 0. The van der Waals surface area contributed by atoms with Crippen molar-refractivity contribution in [2.75, 3.05) is 0 Å². The van der Waals surface area contributed by atoms with Crippen LogP contribution in [0.25, 0.3) is 208 Å². The first-order valence-corrected chi connectivity index (χ1v) is 32.4. The van der Waals surface area contributed by atoms with Crippen molar-refractivity contribution in [2.45, 2.75) is 0 Å². The summed E-state index contributed by atoms with van der Waals surface area (Å²) < 4.78 is 14.0. The van der Waals surface area contributed by atoms with E-state index < -0.39 is 0 Å². The SMILES string of the molecule is c1cc(-c2ccc3c(-c4ccc5cc6oc7c(-c8c9ccccc9c(-c9ccc(-c%10ccc%11ccccc%11c%10)cc9)c9ccccc89)cccc7c6cc5c4)cccc3c2)cc(-c2c3ccccc3c(-c3cccc4c3oc3cc5ccccc5cc34)c3ccccc23)c1. The average Bonchev–Trinajstić information content (AvgIpc) is 1.21. The standard InChI is InChI=1S/C92H54O2/c1-2-18-58-47-62(42-39-55(58)17-1)56-37-40-57(41-38-56)87-71-24-5-9-28-75(71)89(76-29-10-6-25-72(76)87)81-36-16-34-80-84-52-68-50-66(44-43-64(68)54-86(84)94-92(80)81)69-32-14-22-65-48-63(45-46-70(65)69)59-21-13-23-67(49-59)88-73-26-7-11-30-77(73)90(78-31-12-8-27-74(78)88)82-35-15-33-79-83-51-60-19-3-4-20-61(60)53-85(83)93-91(79)82/h1-54H. The van der Waals surface area contributed by atoms with Gasteiger partial charge in [0.1, 0.15) is 22.3 Å². The number of hydrogen-bond acceptors (Lipinski definition) is 2. The molecule has 18 aromatic carbocycles. The van der Waals surface area contributed by atoms with Crippen molar-refractivity contribution in [1.82, 2.24) is 0 Å². The summed E-state index contributed by atoms with van der Waals surface area (Å²) in [7, 11) is 0. The van der Waals surface area contributed by atoms with Crippen LogP contribution >= 0.6 is 0 Å². The molecule has 0 aliphatic carbocycles. The lowest BCUT2D eigenvalue weighted by Gasteiger charge is -2.18. The van der Waals surface area contributed by atoms with Gasteiger partial charge >= 0.3 is 0 Å². The number of fused-ring (bicyclic) bond motifs is 14. The van der Waals surface area contributed by atoms with E-state index in [0.717, 1.165) is 60.4 Å². The highest BCUT2D eigenvalue weighted by Gasteiger charge is 2.24. The van der Waals surface area contributed by atoms with Gasteiger partial charge in [0.2, 0.25) is 0 Å². The third-order valence-corrected chi connectivity index (χ3v) is 20.2. The predicted molar refractivity (Wildman–Crippen MR) is 399 cm³/mol. The Morgan fingerprint density at radius 1 is 0.149 bits per heavy atom. The first kappa shape index (κ1) is 52.4. The molecule has 0 bridgehead atoms. The van der Waals surface area contributed by atoms with Gasteiger partial charge in [0.25, 0.3) is 0 Å². The molecule has 0 aliphatic heterocycles. The van der Waals surface area contributed by atoms with Crippen LogP contribution in [0.1, 0.15) is 0 Å². The van der Waals surface area contributed by atoms with Gasteiger partial charge in [0.05, 0.1) is 0 Å². The minimum atomic E-state index is 0.880. The lowest BCUT2D eigenvalue weighted by Crippen LogP contribution is -1.91. The molecule has 0 aliphatic rings. The number of rotatable bonds is 7. The Morgan fingerprint density at radius 3 is 1.10 bits per heavy atom. The smallest absolute Gasteiger partial charge is 0.143 e. The van der Waals surface area contributed by atoms with Crippen LogP contribution in [0, 0.1) is 0 Å². The Balaban J connectivity index is 0.653. The molecule has 0 saturated heterocycles. The minimum Gasteiger partial charge on any atom is -0.455 e. The van der Waals surface area contributed by atoms with Crippen LogP contribution in [-0.2, 0) is 0 Å². The second-order valence-electron chi connectivity index (χ2n) is 25.3. The number of hydrogen-bond donors (Lipinski definition) is 0. The van der Waals surface area contributed by atoms with E-state index in [4.69, 9.17) is 8.83 Å². The maximum absolute atomic E-state index is 7.08. The summed E-state index contributed by atoms with van der Waals surface area (Å²) in [4.78, 5) is 0. The van der Waals surface area contributed by atoms with Gasteiger partial charge in [-0.2, -0.15) is 0 Å². The third-order valence-electron chi connectivity index (χ3n) is 20.2. The zero-order valence-electron chi connectivity index (χ0n) is 51.0. The molecule has 20 aromatic rings. The zero-order chi connectivity index (χ0) is 61.5. The molecule has 2 heterocycles. The Bertz CT molecular complexity index is 6480. The van der Waals surface area contributed by atoms with Crippen molar-refractivity contribution in [1.29, 1.82) is 0 Å². The van der Waals surface area contributed by atoms with Crippen molar-refractivity contribution in [3.63, 3.8) is 0 Å². The van der Waals surface area contributed by atoms with Crippen LogP contribution in [0.3, 0.4) is 0 Å². The second kappa shape index (κ2) is 20.6.